The summed E-state index contributed by atoms with van der Waals surface area (Å²) in [5.41, 5.74) is 2.30. The van der Waals surface area contributed by atoms with E-state index in [1.807, 2.05) is 25.1 Å². The van der Waals surface area contributed by atoms with Crippen molar-refractivity contribution in [2.24, 2.45) is 5.92 Å². The Hall–Kier alpha value is -1.97. The lowest BCUT2D eigenvalue weighted by Crippen LogP contribution is -2.12. The molecule has 0 saturated carbocycles. The molecule has 0 aromatic carbocycles. The molecule has 94 valence electrons. The molecule has 18 heavy (non-hydrogen) atoms. The molecular formula is C14H17N3O. The summed E-state index contributed by atoms with van der Waals surface area (Å²) in [5.74, 6) is 1.01. The maximum atomic E-state index is 11.6. The second kappa shape index (κ2) is 5.12. The van der Waals surface area contributed by atoms with Crippen LogP contribution in [0.15, 0.2) is 29.1 Å². The van der Waals surface area contributed by atoms with Gasteiger partial charge in [-0.2, -0.15) is 0 Å². The van der Waals surface area contributed by atoms with Gasteiger partial charge in [0.1, 0.15) is 5.69 Å². The Morgan fingerprint density at radius 2 is 2.06 bits per heavy atom. The highest BCUT2D eigenvalue weighted by Gasteiger charge is 2.06. The first-order valence-corrected chi connectivity index (χ1v) is 6.09. The van der Waals surface area contributed by atoms with E-state index in [-0.39, 0.29) is 5.56 Å². The molecule has 2 heterocycles. The SMILES string of the molecule is Cc1cccc(-c2nc(CC(C)C)cc(=O)[nH]2)n1. The lowest BCUT2D eigenvalue weighted by molar-refractivity contribution is 0.633. The van der Waals surface area contributed by atoms with Gasteiger partial charge in [0.05, 0.1) is 0 Å². The summed E-state index contributed by atoms with van der Waals surface area (Å²) in [4.78, 5) is 23.2. The summed E-state index contributed by atoms with van der Waals surface area (Å²) >= 11 is 0. The summed E-state index contributed by atoms with van der Waals surface area (Å²) < 4.78 is 0. The highest BCUT2D eigenvalue weighted by molar-refractivity contribution is 5.48. The van der Waals surface area contributed by atoms with E-state index in [9.17, 15) is 4.79 Å². The maximum Gasteiger partial charge on any atom is 0.251 e. The standard InChI is InChI=1S/C14H17N3O/c1-9(2)7-11-8-13(18)17-14(16-11)12-6-4-5-10(3)15-12/h4-6,8-9H,7H2,1-3H3,(H,16,17,18). The van der Waals surface area contributed by atoms with Gasteiger partial charge in [-0.1, -0.05) is 19.9 Å². The Balaban J connectivity index is 2.45. The molecular weight excluding hydrogens is 226 g/mol. The molecule has 0 aliphatic heterocycles. The van der Waals surface area contributed by atoms with Crippen molar-refractivity contribution in [2.75, 3.05) is 0 Å². The van der Waals surface area contributed by atoms with Gasteiger partial charge < -0.3 is 4.98 Å². The van der Waals surface area contributed by atoms with Crippen LogP contribution < -0.4 is 5.56 Å². The average Bonchev–Trinajstić information content (AvgIpc) is 2.27. The molecule has 1 N–H and O–H groups in total. The maximum absolute atomic E-state index is 11.6. The van der Waals surface area contributed by atoms with Crippen LogP contribution in [0.1, 0.15) is 25.2 Å². The predicted molar refractivity (Wildman–Crippen MR) is 71.4 cm³/mol. The van der Waals surface area contributed by atoms with Crippen LogP contribution in [-0.4, -0.2) is 15.0 Å². The van der Waals surface area contributed by atoms with Crippen LogP contribution in [0.25, 0.3) is 11.5 Å². The Bertz CT molecular complexity index is 602. The molecule has 2 aromatic rings. The van der Waals surface area contributed by atoms with Gasteiger partial charge in [-0.05, 0) is 31.4 Å². The van der Waals surface area contributed by atoms with Gasteiger partial charge in [-0.15, -0.1) is 0 Å². The van der Waals surface area contributed by atoms with E-state index in [2.05, 4.69) is 28.8 Å². The van der Waals surface area contributed by atoms with Gasteiger partial charge >= 0.3 is 0 Å². The second-order valence-corrected chi connectivity index (χ2v) is 4.85. The van der Waals surface area contributed by atoms with E-state index < -0.39 is 0 Å². The first kappa shape index (κ1) is 12.5. The summed E-state index contributed by atoms with van der Waals surface area (Å²) in [6.45, 7) is 6.13. The largest absolute Gasteiger partial charge is 0.305 e. The first-order valence-electron chi connectivity index (χ1n) is 6.09. The number of nitrogens with one attached hydrogen (secondary N) is 1. The molecule has 0 bridgehead atoms. The molecule has 0 saturated heterocycles. The van der Waals surface area contributed by atoms with Crippen molar-refractivity contribution in [2.45, 2.75) is 27.2 Å². The monoisotopic (exact) mass is 243 g/mol. The van der Waals surface area contributed by atoms with Gasteiger partial charge in [0.15, 0.2) is 5.82 Å². The van der Waals surface area contributed by atoms with Crippen molar-refractivity contribution >= 4 is 0 Å². The molecule has 0 unspecified atom stereocenters. The lowest BCUT2D eigenvalue weighted by Gasteiger charge is -2.06. The third kappa shape index (κ3) is 3.03. The molecule has 0 atom stereocenters. The number of nitrogens with zero attached hydrogens (tertiary/aromatic N) is 2. The fourth-order valence-corrected chi connectivity index (χ4v) is 1.83. The van der Waals surface area contributed by atoms with Gasteiger partial charge in [-0.25, -0.2) is 9.97 Å². The Morgan fingerprint density at radius 3 is 2.72 bits per heavy atom. The predicted octanol–water partition coefficient (Wildman–Crippen LogP) is 2.34. The summed E-state index contributed by atoms with van der Waals surface area (Å²) in [5, 5.41) is 0. The quantitative estimate of drug-likeness (QED) is 0.900. The topological polar surface area (TPSA) is 58.6 Å². The summed E-state index contributed by atoms with van der Waals surface area (Å²) in [7, 11) is 0. The number of aromatic nitrogens is 3. The number of aryl methyl sites for hydroxylation is 1. The zero-order valence-electron chi connectivity index (χ0n) is 10.9. The molecule has 2 rings (SSSR count). The molecule has 0 spiro atoms. The fraction of sp³-hybridized carbons (Fsp3) is 0.357. The van der Waals surface area contributed by atoms with Crippen LogP contribution in [0, 0.1) is 12.8 Å². The lowest BCUT2D eigenvalue weighted by atomic mass is 10.1. The molecule has 0 radical (unpaired) electrons. The van der Waals surface area contributed by atoms with Gasteiger partial charge in [-0.3, -0.25) is 4.79 Å². The third-order valence-electron chi connectivity index (χ3n) is 2.54. The number of rotatable bonds is 3. The summed E-state index contributed by atoms with van der Waals surface area (Å²) in [6, 6.07) is 7.23. The number of H-pyrrole nitrogens is 1. The molecule has 2 aromatic heterocycles. The minimum absolute atomic E-state index is 0.126. The number of pyridine rings is 1. The van der Waals surface area contributed by atoms with Crippen molar-refractivity contribution in [1.82, 2.24) is 15.0 Å². The van der Waals surface area contributed by atoms with E-state index in [1.54, 1.807) is 6.07 Å². The molecule has 4 nitrogen and oxygen atoms in total. The Kier molecular flexibility index (Phi) is 3.55. The van der Waals surface area contributed by atoms with Crippen molar-refractivity contribution < 1.29 is 0 Å². The highest BCUT2D eigenvalue weighted by Crippen LogP contribution is 2.12. The first-order chi connectivity index (χ1) is 8.54. The van der Waals surface area contributed by atoms with Crippen molar-refractivity contribution in [3.63, 3.8) is 0 Å². The highest BCUT2D eigenvalue weighted by atomic mass is 16.1. The van der Waals surface area contributed by atoms with Gasteiger partial charge in [0.2, 0.25) is 0 Å². The zero-order chi connectivity index (χ0) is 13.1. The van der Waals surface area contributed by atoms with Crippen LogP contribution in [0.2, 0.25) is 0 Å². The average molecular weight is 243 g/mol. The van der Waals surface area contributed by atoms with E-state index in [4.69, 9.17) is 0 Å². The number of aromatic amines is 1. The van der Waals surface area contributed by atoms with E-state index in [1.165, 1.54) is 0 Å². The molecule has 0 fully saturated rings. The molecule has 0 aliphatic rings. The Morgan fingerprint density at radius 1 is 1.28 bits per heavy atom. The molecule has 0 aliphatic carbocycles. The van der Waals surface area contributed by atoms with Crippen LogP contribution in [-0.2, 0) is 6.42 Å². The van der Waals surface area contributed by atoms with E-state index in [0.29, 0.717) is 17.4 Å². The normalized spacial score (nSPS) is 10.9. The van der Waals surface area contributed by atoms with Crippen molar-refractivity contribution in [3.8, 4) is 11.5 Å². The molecule has 4 heteroatoms. The van der Waals surface area contributed by atoms with Crippen LogP contribution in [0.4, 0.5) is 0 Å². The number of hydrogen-bond donors (Lipinski definition) is 1. The van der Waals surface area contributed by atoms with Crippen LogP contribution in [0.3, 0.4) is 0 Å². The minimum atomic E-state index is -0.126. The second-order valence-electron chi connectivity index (χ2n) is 4.85. The van der Waals surface area contributed by atoms with E-state index in [0.717, 1.165) is 17.8 Å². The van der Waals surface area contributed by atoms with Crippen molar-refractivity contribution in [3.05, 3.63) is 46.0 Å². The van der Waals surface area contributed by atoms with Gasteiger partial charge in [0, 0.05) is 17.5 Å². The number of hydrogen-bond acceptors (Lipinski definition) is 3. The zero-order valence-corrected chi connectivity index (χ0v) is 10.9. The van der Waals surface area contributed by atoms with E-state index >= 15 is 0 Å². The summed E-state index contributed by atoms with van der Waals surface area (Å²) in [6.07, 6.45) is 0.794. The smallest absolute Gasteiger partial charge is 0.251 e. The fourth-order valence-electron chi connectivity index (χ4n) is 1.83. The van der Waals surface area contributed by atoms with Crippen LogP contribution >= 0.6 is 0 Å². The Labute approximate surface area is 106 Å². The third-order valence-corrected chi connectivity index (χ3v) is 2.54. The van der Waals surface area contributed by atoms with Crippen molar-refractivity contribution in [1.29, 1.82) is 0 Å². The van der Waals surface area contributed by atoms with Gasteiger partial charge in [0.25, 0.3) is 5.56 Å². The molecule has 0 amide bonds. The van der Waals surface area contributed by atoms with Crippen LogP contribution in [0.5, 0.6) is 0 Å². The minimum Gasteiger partial charge on any atom is -0.305 e.